The number of hydrogen-bond donors (Lipinski definition) is 1. The van der Waals surface area contributed by atoms with E-state index in [0.29, 0.717) is 41.9 Å². The Morgan fingerprint density at radius 3 is 2.34 bits per heavy atom. The van der Waals surface area contributed by atoms with Gasteiger partial charge >= 0.3 is 5.97 Å². The third kappa shape index (κ3) is 7.37. The summed E-state index contributed by atoms with van der Waals surface area (Å²) in [7, 11) is -2.26. The Morgan fingerprint density at radius 2 is 1.72 bits per heavy atom. The summed E-state index contributed by atoms with van der Waals surface area (Å²) in [6, 6.07) is 23.8. The molecular formula is C38H46FN3O7Si. The van der Waals surface area contributed by atoms with Gasteiger partial charge in [0.25, 0.3) is 5.91 Å². The third-order valence-corrected chi connectivity index (χ3v) is 12.4. The number of carbonyl (C=O) groups excluding carboxylic acids is 4. The predicted molar refractivity (Wildman–Crippen MR) is 191 cm³/mol. The van der Waals surface area contributed by atoms with Crippen molar-refractivity contribution in [2.45, 2.75) is 69.5 Å². The first kappa shape index (κ1) is 36.9. The summed E-state index contributed by atoms with van der Waals surface area (Å²) in [6.45, 7) is 5.37. The Balaban J connectivity index is 1.54. The van der Waals surface area contributed by atoms with Crippen molar-refractivity contribution >= 4 is 49.7 Å². The molecule has 1 fully saturated rings. The fourth-order valence-corrected chi connectivity index (χ4v) is 10.1. The van der Waals surface area contributed by atoms with E-state index < -0.39 is 31.6 Å². The fourth-order valence-electron chi connectivity index (χ4n) is 7.63. The van der Waals surface area contributed by atoms with Crippen LogP contribution in [0, 0.1) is 5.92 Å². The van der Waals surface area contributed by atoms with Crippen LogP contribution in [-0.2, 0) is 40.8 Å². The number of aliphatic hydroxyl groups is 1. The van der Waals surface area contributed by atoms with Crippen molar-refractivity contribution in [1.82, 2.24) is 4.90 Å². The first-order chi connectivity index (χ1) is 24.0. The molecule has 0 bridgehead atoms. The van der Waals surface area contributed by atoms with E-state index in [-0.39, 0.29) is 56.9 Å². The number of ether oxygens (including phenoxy) is 2. The average molecular weight is 704 g/mol. The molecule has 2 aliphatic rings. The number of nitrogens with zero attached hydrogens (tertiary/aromatic N) is 3. The van der Waals surface area contributed by atoms with Gasteiger partial charge < -0.3 is 28.5 Å². The summed E-state index contributed by atoms with van der Waals surface area (Å²) in [4.78, 5) is 57.5. The number of halogens is 1. The lowest BCUT2D eigenvalue weighted by Crippen LogP contribution is -2.45. The summed E-state index contributed by atoms with van der Waals surface area (Å²) >= 11 is 0. The molecular weight excluding hydrogens is 658 g/mol. The van der Waals surface area contributed by atoms with Crippen molar-refractivity contribution in [3.05, 3.63) is 90.0 Å². The normalized spacial score (nSPS) is 21.3. The van der Waals surface area contributed by atoms with Crippen molar-refractivity contribution in [1.29, 1.82) is 0 Å². The van der Waals surface area contributed by atoms with Crippen LogP contribution in [0.15, 0.2) is 78.9 Å². The lowest BCUT2D eigenvalue weighted by Gasteiger charge is -2.31. The maximum absolute atomic E-state index is 16.5. The van der Waals surface area contributed by atoms with Crippen molar-refractivity contribution in [3.8, 4) is 0 Å². The number of unbranched alkanes of at least 4 members (excludes halogenated alkanes) is 1. The van der Waals surface area contributed by atoms with Crippen LogP contribution in [0.5, 0.6) is 0 Å². The lowest BCUT2D eigenvalue weighted by atomic mass is 9.82. The summed E-state index contributed by atoms with van der Waals surface area (Å²) in [5.74, 6) is -1.66. The minimum Gasteiger partial charge on any atom is -0.469 e. The van der Waals surface area contributed by atoms with Crippen LogP contribution in [0.25, 0.3) is 0 Å². The number of esters is 1. The van der Waals surface area contributed by atoms with Crippen LogP contribution in [-0.4, -0.2) is 75.5 Å². The monoisotopic (exact) mass is 703 g/mol. The van der Waals surface area contributed by atoms with Gasteiger partial charge in [0.1, 0.15) is 0 Å². The van der Waals surface area contributed by atoms with Crippen molar-refractivity contribution < 1.29 is 37.9 Å². The Morgan fingerprint density at radius 1 is 1.04 bits per heavy atom. The molecule has 12 heteroatoms. The molecule has 0 radical (unpaired) electrons. The molecule has 50 heavy (non-hydrogen) atoms. The van der Waals surface area contributed by atoms with E-state index in [1.165, 1.54) is 16.9 Å². The second kappa shape index (κ2) is 15.7. The average Bonchev–Trinajstić information content (AvgIpc) is 3.53. The molecule has 3 aromatic rings. The van der Waals surface area contributed by atoms with E-state index in [0.717, 1.165) is 5.56 Å². The molecule has 4 atom stereocenters. The van der Waals surface area contributed by atoms with Gasteiger partial charge in [-0.25, -0.2) is 0 Å². The minimum absolute atomic E-state index is 0.0910. The van der Waals surface area contributed by atoms with E-state index >= 15 is 4.11 Å². The smallest absolute Gasteiger partial charge is 0.305 e. The van der Waals surface area contributed by atoms with Gasteiger partial charge in [0, 0.05) is 54.5 Å². The number of amides is 3. The molecule has 1 saturated heterocycles. The number of aliphatic hydroxyl groups excluding tert-OH is 1. The zero-order valence-corrected chi connectivity index (χ0v) is 30.1. The highest BCUT2D eigenvalue weighted by molar-refractivity contribution is 6.72. The van der Waals surface area contributed by atoms with Crippen LogP contribution >= 0.6 is 0 Å². The largest absolute Gasteiger partial charge is 0.469 e. The van der Waals surface area contributed by atoms with Crippen LogP contribution < -0.4 is 9.80 Å². The molecule has 266 valence electrons. The molecule has 0 unspecified atom stereocenters. The molecule has 1 N–H and O–H groups in total. The number of benzene rings is 3. The highest BCUT2D eigenvalue weighted by Crippen LogP contribution is 2.60. The topological polar surface area (TPSA) is 117 Å². The molecule has 10 nitrogen and oxygen atoms in total. The van der Waals surface area contributed by atoms with Gasteiger partial charge in [-0.3, -0.25) is 24.1 Å². The predicted octanol–water partition coefficient (Wildman–Crippen LogP) is 5.86. The number of carbonyl (C=O) groups is 4. The zero-order chi connectivity index (χ0) is 36.1. The van der Waals surface area contributed by atoms with E-state index in [4.69, 9.17) is 9.47 Å². The Bertz CT molecular complexity index is 1670. The standard InChI is InChI=1S/C38H46FN3O7Si/c1-27-36(50(3,4)39)33(24-34(45)40(21-22-43)25-28-13-7-5-8-14-28)49-38(27)31-23-30(42(26-44)29-15-9-6-10-16-29)18-19-32(31)41(37(38)47)20-12-11-17-35(46)48-2/h5-10,13-16,18-19,23,26-27,33,36,43H,11-12,17,20-22,24-25H2,1-4H3/t27-,33+,36-,38+/m1/s1. The molecule has 0 saturated carbocycles. The van der Waals surface area contributed by atoms with E-state index in [9.17, 15) is 24.3 Å². The van der Waals surface area contributed by atoms with Crippen LogP contribution in [0.1, 0.15) is 43.7 Å². The second-order valence-corrected chi connectivity index (χ2v) is 17.3. The lowest BCUT2D eigenvalue weighted by molar-refractivity contribution is -0.149. The first-order valence-electron chi connectivity index (χ1n) is 17.1. The first-order valence-corrected chi connectivity index (χ1v) is 20.0. The molecule has 2 heterocycles. The Kier molecular flexibility index (Phi) is 11.5. The van der Waals surface area contributed by atoms with Crippen molar-refractivity contribution in [2.75, 3.05) is 36.6 Å². The highest BCUT2D eigenvalue weighted by atomic mass is 28.4. The Labute approximate surface area is 294 Å². The third-order valence-electron chi connectivity index (χ3n) is 9.92. The number of fused-ring (bicyclic) bond motifs is 2. The van der Waals surface area contributed by atoms with Gasteiger partial charge in [-0.1, -0.05) is 55.5 Å². The van der Waals surface area contributed by atoms with Gasteiger partial charge in [0.2, 0.25) is 20.7 Å². The van der Waals surface area contributed by atoms with E-state index in [2.05, 4.69) is 0 Å². The molecule has 0 aliphatic carbocycles. The highest BCUT2D eigenvalue weighted by Gasteiger charge is 2.67. The van der Waals surface area contributed by atoms with Gasteiger partial charge in [0.05, 0.1) is 31.9 Å². The number of para-hydroxylation sites is 1. The minimum atomic E-state index is -3.59. The number of hydrogen-bond acceptors (Lipinski definition) is 7. The molecule has 0 aromatic heterocycles. The summed E-state index contributed by atoms with van der Waals surface area (Å²) in [6.07, 6.45) is 0.810. The van der Waals surface area contributed by atoms with Gasteiger partial charge in [-0.15, -0.1) is 0 Å². The number of anilines is 3. The zero-order valence-electron chi connectivity index (χ0n) is 29.1. The SMILES string of the molecule is COC(=O)CCCCN1C(=O)[C@@]2(O[C@@H](CC(=O)N(CCO)Cc3ccccc3)[C@H]([Si](C)(C)F)[C@H]2C)c2cc(N(C=O)c3ccccc3)ccc21. The molecule has 3 aromatic carbocycles. The van der Waals surface area contributed by atoms with Crippen LogP contribution in [0.4, 0.5) is 21.2 Å². The van der Waals surface area contributed by atoms with Gasteiger partial charge in [-0.05, 0) is 61.8 Å². The van der Waals surface area contributed by atoms with Crippen molar-refractivity contribution in [3.63, 3.8) is 0 Å². The van der Waals surface area contributed by atoms with E-state index in [1.807, 2.05) is 55.5 Å². The van der Waals surface area contributed by atoms with Crippen LogP contribution in [0.3, 0.4) is 0 Å². The quantitative estimate of drug-likeness (QED) is 0.0694. The molecule has 3 amide bonds. The Hall–Kier alpha value is -4.39. The maximum atomic E-state index is 16.5. The molecule has 1 spiro atoms. The fraction of sp³-hybridized carbons (Fsp3) is 0.421. The summed E-state index contributed by atoms with van der Waals surface area (Å²) < 4.78 is 28.1. The van der Waals surface area contributed by atoms with Gasteiger partial charge in [0.15, 0.2) is 5.60 Å². The molecule has 5 rings (SSSR count). The molecule has 2 aliphatic heterocycles. The van der Waals surface area contributed by atoms with Crippen LogP contribution in [0.2, 0.25) is 18.6 Å². The van der Waals surface area contributed by atoms with Gasteiger partial charge in [-0.2, -0.15) is 0 Å². The van der Waals surface area contributed by atoms with Crippen molar-refractivity contribution in [2.24, 2.45) is 5.92 Å². The maximum Gasteiger partial charge on any atom is 0.305 e. The summed E-state index contributed by atoms with van der Waals surface area (Å²) in [5.41, 5.74) is 0.765. The van der Waals surface area contributed by atoms with E-state index in [1.54, 1.807) is 48.3 Å². The number of rotatable bonds is 15. The number of methoxy groups -OCH3 is 1. The summed E-state index contributed by atoms with van der Waals surface area (Å²) in [5, 5.41) is 9.81. The second-order valence-electron chi connectivity index (χ2n) is 13.5.